The Kier molecular flexibility index (Phi) is 2.35. The van der Waals surface area contributed by atoms with Crippen molar-refractivity contribution in [3.8, 4) is 0 Å². The van der Waals surface area contributed by atoms with Crippen LogP contribution < -0.4 is 5.43 Å². The third-order valence-electron chi connectivity index (χ3n) is 2.28. The second-order valence-corrected chi connectivity index (χ2v) is 3.33. The minimum Gasteiger partial charge on any atom is -0.346 e. The van der Waals surface area contributed by atoms with E-state index in [-0.39, 0.29) is 5.43 Å². The minimum atomic E-state index is 0.0292. The highest BCUT2D eigenvalue weighted by molar-refractivity contribution is 5.73. The first-order valence-corrected chi connectivity index (χ1v) is 4.86. The standard InChI is InChI=1S/C10H13N3O/c1-2-3-6-13-10-8(7-12-13)9(14)4-5-11-10/h4-5,7H,2-3,6H2,1H3,(H,11,14). The summed E-state index contributed by atoms with van der Waals surface area (Å²) in [5, 5.41) is 4.85. The number of unbranched alkanes of at least 4 members (excludes halogenated alkanes) is 1. The van der Waals surface area contributed by atoms with E-state index in [2.05, 4.69) is 17.0 Å². The van der Waals surface area contributed by atoms with Gasteiger partial charge in [-0.25, -0.2) is 4.68 Å². The highest BCUT2D eigenvalue weighted by Crippen LogP contribution is 2.06. The number of aromatic amines is 1. The zero-order valence-electron chi connectivity index (χ0n) is 8.16. The summed E-state index contributed by atoms with van der Waals surface area (Å²) in [5.41, 5.74) is 0.854. The van der Waals surface area contributed by atoms with Gasteiger partial charge in [-0.15, -0.1) is 0 Å². The molecule has 0 unspecified atom stereocenters. The molecule has 0 aromatic carbocycles. The van der Waals surface area contributed by atoms with E-state index in [1.54, 1.807) is 12.4 Å². The average molecular weight is 191 g/mol. The van der Waals surface area contributed by atoms with Gasteiger partial charge in [0.2, 0.25) is 0 Å². The zero-order valence-corrected chi connectivity index (χ0v) is 8.16. The highest BCUT2D eigenvalue weighted by atomic mass is 16.1. The number of H-pyrrole nitrogens is 1. The van der Waals surface area contributed by atoms with Crippen LogP contribution in [-0.4, -0.2) is 14.8 Å². The summed E-state index contributed by atoms with van der Waals surface area (Å²) in [6.07, 6.45) is 5.49. The molecule has 2 aromatic rings. The Bertz CT molecular complexity index is 483. The first-order valence-electron chi connectivity index (χ1n) is 4.86. The number of hydrogen-bond donors (Lipinski definition) is 1. The maximum absolute atomic E-state index is 11.4. The van der Waals surface area contributed by atoms with Gasteiger partial charge in [0.05, 0.1) is 11.6 Å². The normalized spacial score (nSPS) is 10.9. The van der Waals surface area contributed by atoms with Gasteiger partial charge in [-0.2, -0.15) is 5.10 Å². The number of nitrogens with one attached hydrogen (secondary N) is 1. The van der Waals surface area contributed by atoms with Crippen molar-refractivity contribution in [2.45, 2.75) is 26.3 Å². The summed E-state index contributed by atoms with van der Waals surface area (Å²) in [6, 6.07) is 1.52. The molecule has 2 aromatic heterocycles. The molecule has 0 bridgehead atoms. The largest absolute Gasteiger partial charge is 0.346 e. The molecule has 74 valence electrons. The van der Waals surface area contributed by atoms with Crippen LogP contribution in [0.25, 0.3) is 11.0 Å². The fourth-order valence-corrected chi connectivity index (χ4v) is 1.48. The zero-order chi connectivity index (χ0) is 9.97. The summed E-state index contributed by atoms with van der Waals surface area (Å²) in [6.45, 7) is 2.99. The Morgan fingerprint density at radius 3 is 3.21 bits per heavy atom. The lowest BCUT2D eigenvalue weighted by atomic mass is 10.3. The van der Waals surface area contributed by atoms with Crippen molar-refractivity contribution < 1.29 is 0 Å². The molecule has 2 rings (SSSR count). The lowest BCUT2D eigenvalue weighted by Crippen LogP contribution is -2.03. The molecule has 0 radical (unpaired) electrons. The van der Waals surface area contributed by atoms with Crippen LogP contribution in [0.4, 0.5) is 0 Å². The Morgan fingerprint density at radius 2 is 2.43 bits per heavy atom. The van der Waals surface area contributed by atoms with E-state index in [1.807, 2.05) is 4.68 Å². The molecule has 14 heavy (non-hydrogen) atoms. The third-order valence-corrected chi connectivity index (χ3v) is 2.28. The van der Waals surface area contributed by atoms with Crippen LogP contribution in [0, 0.1) is 0 Å². The number of hydrogen-bond acceptors (Lipinski definition) is 2. The van der Waals surface area contributed by atoms with Crippen molar-refractivity contribution in [3.63, 3.8) is 0 Å². The molecule has 0 spiro atoms. The van der Waals surface area contributed by atoms with Gasteiger partial charge in [0, 0.05) is 18.8 Å². The van der Waals surface area contributed by atoms with Crippen LogP contribution in [0.5, 0.6) is 0 Å². The molecule has 0 aliphatic carbocycles. The van der Waals surface area contributed by atoms with E-state index in [4.69, 9.17) is 0 Å². The Labute approximate surface area is 81.6 Å². The summed E-state index contributed by atoms with van der Waals surface area (Å²) in [7, 11) is 0. The number of fused-ring (bicyclic) bond motifs is 1. The van der Waals surface area contributed by atoms with Gasteiger partial charge in [0.15, 0.2) is 5.43 Å². The molecule has 0 fully saturated rings. The summed E-state index contributed by atoms with van der Waals surface area (Å²) < 4.78 is 1.85. The summed E-state index contributed by atoms with van der Waals surface area (Å²) in [4.78, 5) is 14.4. The van der Waals surface area contributed by atoms with Crippen molar-refractivity contribution in [1.29, 1.82) is 0 Å². The minimum absolute atomic E-state index is 0.0292. The fraction of sp³-hybridized carbons (Fsp3) is 0.400. The molecular weight excluding hydrogens is 178 g/mol. The van der Waals surface area contributed by atoms with Gasteiger partial charge in [-0.3, -0.25) is 4.79 Å². The number of rotatable bonds is 3. The Hall–Kier alpha value is -1.58. The summed E-state index contributed by atoms with van der Waals surface area (Å²) >= 11 is 0. The van der Waals surface area contributed by atoms with Crippen LogP contribution in [0.3, 0.4) is 0 Å². The van der Waals surface area contributed by atoms with Crippen LogP contribution in [-0.2, 0) is 6.54 Å². The summed E-state index contributed by atoms with van der Waals surface area (Å²) in [5.74, 6) is 0. The van der Waals surface area contributed by atoms with E-state index in [0.717, 1.165) is 25.0 Å². The van der Waals surface area contributed by atoms with Crippen molar-refractivity contribution in [1.82, 2.24) is 14.8 Å². The number of pyridine rings is 1. The predicted octanol–water partition coefficient (Wildman–Crippen LogP) is 1.52. The van der Waals surface area contributed by atoms with Gasteiger partial charge in [0.1, 0.15) is 5.65 Å². The molecule has 4 nitrogen and oxygen atoms in total. The van der Waals surface area contributed by atoms with Crippen molar-refractivity contribution in [2.24, 2.45) is 0 Å². The molecule has 0 aliphatic heterocycles. The van der Waals surface area contributed by atoms with Crippen LogP contribution in [0.15, 0.2) is 23.3 Å². The van der Waals surface area contributed by atoms with Gasteiger partial charge >= 0.3 is 0 Å². The first-order chi connectivity index (χ1) is 6.83. The van der Waals surface area contributed by atoms with Crippen molar-refractivity contribution in [3.05, 3.63) is 28.7 Å². The van der Waals surface area contributed by atoms with E-state index in [0.29, 0.717) is 5.39 Å². The number of nitrogens with zero attached hydrogens (tertiary/aromatic N) is 2. The monoisotopic (exact) mass is 191 g/mol. The molecule has 4 heteroatoms. The average Bonchev–Trinajstić information content (AvgIpc) is 2.60. The van der Waals surface area contributed by atoms with E-state index >= 15 is 0 Å². The number of aryl methyl sites for hydroxylation is 1. The van der Waals surface area contributed by atoms with Gasteiger partial charge < -0.3 is 4.98 Å². The highest BCUT2D eigenvalue weighted by Gasteiger charge is 2.03. The van der Waals surface area contributed by atoms with E-state index in [1.165, 1.54) is 6.07 Å². The van der Waals surface area contributed by atoms with Crippen molar-refractivity contribution in [2.75, 3.05) is 0 Å². The Morgan fingerprint density at radius 1 is 1.57 bits per heavy atom. The van der Waals surface area contributed by atoms with E-state index in [9.17, 15) is 4.79 Å². The molecular formula is C10H13N3O. The molecule has 0 saturated carbocycles. The van der Waals surface area contributed by atoms with Crippen LogP contribution in [0.2, 0.25) is 0 Å². The first kappa shape index (κ1) is 8.99. The van der Waals surface area contributed by atoms with E-state index < -0.39 is 0 Å². The maximum atomic E-state index is 11.4. The maximum Gasteiger partial charge on any atom is 0.192 e. The lowest BCUT2D eigenvalue weighted by Gasteiger charge is -2.00. The molecule has 2 heterocycles. The fourth-order valence-electron chi connectivity index (χ4n) is 1.48. The molecule has 0 aliphatic rings. The molecule has 0 atom stereocenters. The second-order valence-electron chi connectivity index (χ2n) is 3.33. The molecule has 0 amide bonds. The number of aromatic nitrogens is 3. The smallest absolute Gasteiger partial charge is 0.192 e. The topological polar surface area (TPSA) is 50.7 Å². The van der Waals surface area contributed by atoms with Crippen LogP contribution in [0.1, 0.15) is 19.8 Å². The SMILES string of the molecule is CCCCn1ncc2c(=O)cc[nH]c21. The van der Waals surface area contributed by atoms with Crippen LogP contribution >= 0.6 is 0 Å². The predicted molar refractivity (Wildman–Crippen MR) is 55.3 cm³/mol. The van der Waals surface area contributed by atoms with Gasteiger partial charge in [-0.1, -0.05) is 13.3 Å². The lowest BCUT2D eigenvalue weighted by molar-refractivity contribution is 0.584. The Balaban J connectivity index is 2.47. The third kappa shape index (κ3) is 1.43. The second kappa shape index (κ2) is 3.65. The van der Waals surface area contributed by atoms with Crippen molar-refractivity contribution >= 4 is 11.0 Å². The van der Waals surface area contributed by atoms with Gasteiger partial charge in [-0.05, 0) is 6.42 Å². The quantitative estimate of drug-likeness (QED) is 0.799. The molecule has 1 N–H and O–H groups in total. The molecule has 0 saturated heterocycles. The van der Waals surface area contributed by atoms with Gasteiger partial charge in [0.25, 0.3) is 0 Å².